The Bertz CT molecular complexity index is 587. The fourth-order valence-electron chi connectivity index (χ4n) is 3.64. The number of aryl methyl sites for hydroxylation is 1. The highest BCUT2D eigenvalue weighted by molar-refractivity contribution is 7.13. The maximum atomic E-state index is 12.4. The number of rotatable bonds is 6. The average molecular weight is 336 g/mol. The summed E-state index contributed by atoms with van der Waals surface area (Å²) in [6.45, 7) is 1.92. The third-order valence-electron chi connectivity index (χ3n) is 5.06. The Hall–Kier alpha value is -1.43. The predicted octanol–water partition coefficient (Wildman–Crippen LogP) is 3.48. The zero-order valence-electron chi connectivity index (χ0n) is 13.5. The Morgan fingerprint density at radius 1 is 1.30 bits per heavy atom. The monoisotopic (exact) mass is 336 g/mol. The van der Waals surface area contributed by atoms with Crippen LogP contribution in [0.4, 0.5) is 0 Å². The van der Waals surface area contributed by atoms with Crippen LogP contribution in [0.1, 0.15) is 77.7 Å². The van der Waals surface area contributed by atoms with Gasteiger partial charge in [-0.25, -0.2) is 4.98 Å². The van der Waals surface area contributed by atoms with E-state index in [1.165, 1.54) is 25.7 Å². The largest absolute Gasteiger partial charge is 0.481 e. The average Bonchev–Trinajstić information content (AvgIpc) is 3.09. The van der Waals surface area contributed by atoms with E-state index in [1.807, 2.05) is 6.92 Å². The summed E-state index contributed by atoms with van der Waals surface area (Å²) in [5.74, 6) is 0.237. The Morgan fingerprint density at radius 3 is 2.65 bits per heavy atom. The molecule has 126 valence electrons. The molecule has 1 amide bonds. The molecule has 1 aromatic rings. The van der Waals surface area contributed by atoms with Gasteiger partial charge >= 0.3 is 5.97 Å². The number of amides is 1. The SMILES string of the molecule is Cc1nc(C2CCCC2)sc1C(=O)NC1CC(CCC(=O)O)C1. The quantitative estimate of drug-likeness (QED) is 0.833. The number of aliphatic carboxylic acids is 1. The van der Waals surface area contributed by atoms with E-state index in [4.69, 9.17) is 5.11 Å². The lowest BCUT2D eigenvalue weighted by atomic mass is 9.77. The van der Waals surface area contributed by atoms with Crippen LogP contribution in [0.3, 0.4) is 0 Å². The van der Waals surface area contributed by atoms with Crippen molar-refractivity contribution in [3.05, 3.63) is 15.6 Å². The van der Waals surface area contributed by atoms with Crippen molar-refractivity contribution in [1.29, 1.82) is 0 Å². The molecular formula is C17H24N2O3S. The van der Waals surface area contributed by atoms with Crippen LogP contribution in [0, 0.1) is 12.8 Å². The summed E-state index contributed by atoms with van der Waals surface area (Å²) in [5.41, 5.74) is 0.844. The Morgan fingerprint density at radius 2 is 2.00 bits per heavy atom. The van der Waals surface area contributed by atoms with Crippen LogP contribution in [0.25, 0.3) is 0 Å². The van der Waals surface area contributed by atoms with Crippen LogP contribution >= 0.6 is 11.3 Å². The predicted molar refractivity (Wildman–Crippen MR) is 88.9 cm³/mol. The smallest absolute Gasteiger partial charge is 0.303 e. The minimum absolute atomic E-state index is 0.00840. The first-order valence-corrected chi connectivity index (χ1v) is 9.34. The third-order valence-corrected chi connectivity index (χ3v) is 6.38. The van der Waals surface area contributed by atoms with Crippen molar-refractivity contribution in [3.63, 3.8) is 0 Å². The second kappa shape index (κ2) is 6.99. The minimum atomic E-state index is -0.739. The highest BCUT2D eigenvalue weighted by atomic mass is 32.1. The highest BCUT2D eigenvalue weighted by Crippen LogP contribution is 2.37. The van der Waals surface area contributed by atoms with Gasteiger partial charge in [0.15, 0.2) is 0 Å². The molecule has 1 aromatic heterocycles. The number of aromatic nitrogens is 1. The topological polar surface area (TPSA) is 79.3 Å². The summed E-state index contributed by atoms with van der Waals surface area (Å²) in [4.78, 5) is 28.4. The van der Waals surface area contributed by atoms with E-state index in [0.717, 1.165) is 28.4 Å². The molecule has 5 nitrogen and oxygen atoms in total. The van der Waals surface area contributed by atoms with E-state index in [-0.39, 0.29) is 18.4 Å². The first-order valence-electron chi connectivity index (χ1n) is 8.53. The number of carboxylic acids is 1. The molecule has 3 rings (SSSR count). The maximum Gasteiger partial charge on any atom is 0.303 e. The standard InChI is InChI=1S/C17H24N2O3S/c1-10-15(23-17(18-10)12-4-2-3-5-12)16(22)19-13-8-11(9-13)6-7-14(20)21/h11-13H,2-9H2,1H3,(H,19,22)(H,20,21). The molecule has 0 aromatic carbocycles. The summed E-state index contributed by atoms with van der Waals surface area (Å²) in [7, 11) is 0. The molecule has 2 fully saturated rings. The van der Waals surface area contributed by atoms with Gasteiger partial charge in [0.05, 0.1) is 10.7 Å². The molecule has 2 saturated carbocycles. The Balaban J connectivity index is 1.50. The van der Waals surface area contributed by atoms with Gasteiger partial charge < -0.3 is 10.4 Å². The lowest BCUT2D eigenvalue weighted by Crippen LogP contribution is -2.44. The Kier molecular flexibility index (Phi) is 4.99. The summed E-state index contributed by atoms with van der Waals surface area (Å²) >= 11 is 1.56. The number of carbonyl (C=O) groups excluding carboxylic acids is 1. The number of hydrogen-bond acceptors (Lipinski definition) is 4. The summed E-state index contributed by atoms with van der Waals surface area (Å²) in [6.07, 6.45) is 7.66. The van der Waals surface area contributed by atoms with Gasteiger partial charge in [-0.2, -0.15) is 0 Å². The zero-order valence-corrected chi connectivity index (χ0v) is 14.3. The first kappa shape index (κ1) is 16.4. The van der Waals surface area contributed by atoms with E-state index >= 15 is 0 Å². The molecule has 2 N–H and O–H groups in total. The van der Waals surface area contributed by atoms with Gasteiger partial charge in [0, 0.05) is 18.4 Å². The Labute approximate surface area is 140 Å². The van der Waals surface area contributed by atoms with Crippen LogP contribution < -0.4 is 5.32 Å². The molecule has 6 heteroatoms. The summed E-state index contributed by atoms with van der Waals surface area (Å²) in [5, 5.41) is 12.9. The third kappa shape index (κ3) is 3.91. The van der Waals surface area contributed by atoms with Gasteiger partial charge in [0.25, 0.3) is 5.91 Å². The maximum absolute atomic E-state index is 12.4. The fourth-order valence-corrected chi connectivity index (χ4v) is 4.78. The van der Waals surface area contributed by atoms with Gasteiger partial charge in [-0.1, -0.05) is 12.8 Å². The van der Waals surface area contributed by atoms with Gasteiger partial charge in [0.2, 0.25) is 0 Å². The second-order valence-electron chi connectivity index (χ2n) is 6.89. The lowest BCUT2D eigenvalue weighted by Gasteiger charge is -2.35. The van der Waals surface area contributed by atoms with E-state index in [1.54, 1.807) is 11.3 Å². The van der Waals surface area contributed by atoms with E-state index in [0.29, 0.717) is 18.3 Å². The van der Waals surface area contributed by atoms with E-state index in [2.05, 4.69) is 10.3 Å². The van der Waals surface area contributed by atoms with Crippen molar-refractivity contribution in [2.45, 2.75) is 70.3 Å². The summed E-state index contributed by atoms with van der Waals surface area (Å²) in [6, 6.07) is 0.192. The summed E-state index contributed by atoms with van der Waals surface area (Å²) < 4.78 is 0. The molecule has 0 saturated heterocycles. The van der Waals surface area contributed by atoms with Crippen LogP contribution in [-0.2, 0) is 4.79 Å². The number of carboxylic acid groups (broad SMARTS) is 1. The number of thiazole rings is 1. The molecule has 2 aliphatic carbocycles. The van der Waals surface area contributed by atoms with Gasteiger partial charge in [-0.3, -0.25) is 9.59 Å². The van der Waals surface area contributed by atoms with Crippen molar-refractivity contribution >= 4 is 23.2 Å². The lowest BCUT2D eigenvalue weighted by molar-refractivity contribution is -0.137. The van der Waals surface area contributed by atoms with E-state index < -0.39 is 5.97 Å². The molecule has 0 radical (unpaired) electrons. The molecule has 0 atom stereocenters. The fraction of sp³-hybridized carbons (Fsp3) is 0.706. The molecular weight excluding hydrogens is 312 g/mol. The zero-order chi connectivity index (χ0) is 16.4. The van der Waals surface area contributed by atoms with Crippen LogP contribution in [0.2, 0.25) is 0 Å². The molecule has 0 spiro atoms. The highest BCUT2D eigenvalue weighted by Gasteiger charge is 2.31. The second-order valence-corrected chi connectivity index (χ2v) is 7.92. The van der Waals surface area contributed by atoms with Crippen LogP contribution in [0.5, 0.6) is 0 Å². The molecule has 0 unspecified atom stereocenters. The van der Waals surface area contributed by atoms with Gasteiger partial charge in [-0.05, 0) is 44.9 Å². The van der Waals surface area contributed by atoms with Crippen molar-refractivity contribution in [2.24, 2.45) is 5.92 Å². The molecule has 0 aliphatic heterocycles. The molecule has 0 bridgehead atoms. The number of hydrogen-bond donors (Lipinski definition) is 2. The molecule has 23 heavy (non-hydrogen) atoms. The van der Waals surface area contributed by atoms with Crippen LogP contribution in [-0.4, -0.2) is 28.0 Å². The number of nitrogens with zero attached hydrogens (tertiary/aromatic N) is 1. The van der Waals surface area contributed by atoms with Crippen molar-refractivity contribution in [1.82, 2.24) is 10.3 Å². The normalized spacial score (nSPS) is 24.4. The van der Waals surface area contributed by atoms with E-state index in [9.17, 15) is 9.59 Å². The molecule has 1 heterocycles. The van der Waals surface area contributed by atoms with Crippen molar-refractivity contribution in [3.8, 4) is 0 Å². The first-order chi connectivity index (χ1) is 11.0. The minimum Gasteiger partial charge on any atom is -0.481 e. The van der Waals surface area contributed by atoms with Crippen molar-refractivity contribution in [2.75, 3.05) is 0 Å². The number of carbonyl (C=O) groups is 2. The van der Waals surface area contributed by atoms with Gasteiger partial charge in [0.1, 0.15) is 4.88 Å². The van der Waals surface area contributed by atoms with Crippen molar-refractivity contribution < 1.29 is 14.7 Å². The number of nitrogens with one attached hydrogen (secondary N) is 1. The molecule has 2 aliphatic rings. The van der Waals surface area contributed by atoms with Crippen LogP contribution in [0.15, 0.2) is 0 Å². The van der Waals surface area contributed by atoms with Gasteiger partial charge in [-0.15, -0.1) is 11.3 Å².